The van der Waals surface area contributed by atoms with E-state index in [1.54, 1.807) is 32.9 Å². The van der Waals surface area contributed by atoms with Crippen LogP contribution in [0.5, 0.6) is 0 Å². The zero-order valence-electron chi connectivity index (χ0n) is 12.7. The zero-order chi connectivity index (χ0) is 15.8. The highest BCUT2D eigenvalue weighted by molar-refractivity contribution is 5.99. The number of fused-ring (bicyclic) bond motifs is 1. The van der Waals surface area contributed by atoms with Crippen LogP contribution in [0.1, 0.15) is 36.9 Å². The highest BCUT2D eigenvalue weighted by Gasteiger charge is 2.27. The number of nitrogens with zero attached hydrogens (tertiary/aromatic N) is 1. The number of hydrogen-bond acceptors (Lipinski definition) is 3. The molecule has 0 aliphatic rings. The molecule has 0 atom stereocenters. The number of aryl methyl sites for hydroxylation is 1. The Morgan fingerprint density at radius 3 is 2.62 bits per heavy atom. The summed E-state index contributed by atoms with van der Waals surface area (Å²) in [7, 11) is 0. The smallest absolute Gasteiger partial charge is 0.289 e. The maximum atomic E-state index is 13.7. The van der Waals surface area contributed by atoms with Crippen molar-refractivity contribution >= 4 is 16.9 Å². The van der Waals surface area contributed by atoms with Crippen LogP contribution in [0.3, 0.4) is 0 Å². The topological polar surface area (TPSA) is 53.7 Å². The van der Waals surface area contributed by atoms with Crippen LogP contribution in [0.2, 0.25) is 0 Å². The molecule has 0 unspecified atom stereocenters. The van der Waals surface area contributed by atoms with Crippen LogP contribution in [0.25, 0.3) is 11.0 Å². The van der Waals surface area contributed by atoms with Crippen LogP contribution in [-0.2, 0) is 0 Å². The molecule has 5 heteroatoms. The second-order valence-electron chi connectivity index (χ2n) is 5.80. The summed E-state index contributed by atoms with van der Waals surface area (Å²) in [5.74, 6) is -0.700. The van der Waals surface area contributed by atoms with Gasteiger partial charge < -0.3 is 14.4 Å². The molecule has 0 fully saturated rings. The van der Waals surface area contributed by atoms with Gasteiger partial charge in [0, 0.05) is 24.0 Å². The molecule has 4 nitrogen and oxygen atoms in total. The number of rotatable bonds is 4. The molecule has 0 aliphatic heterocycles. The number of carbonyl (C=O) groups excluding carboxylic acids is 1. The molecule has 1 heterocycles. The number of likely N-dealkylation sites (N-methyl/N-ethyl adjacent to an activating group) is 1. The maximum absolute atomic E-state index is 13.7. The Kier molecular flexibility index (Phi) is 4.05. The number of halogens is 1. The van der Waals surface area contributed by atoms with E-state index in [1.807, 2.05) is 6.92 Å². The van der Waals surface area contributed by atoms with Gasteiger partial charge in [0.1, 0.15) is 0 Å². The Hall–Kier alpha value is -1.88. The van der Waals surface area contributed by atoms with Crippen molar-refractivity contribution in [1.29, 1.82) is 0 Å². The number of hydrogen-bond donors (Lipinski definition) is 1. The predicted octanol–water partition coefficient (Wildman–Crippen LogP) is 3.11. The van der Waals surface area contributed by atoms with Gasteiger partial charge in [0.2, 0.25) is 0 Å². The van der Waals surface area contributed by atoms with Crippen LogP contribution in [0, 0.1) is 12.7 Å². The second kappa shape index (κ2) is 5.48. The van der Waals surface area contributed by atoms with E-state index in [9.17, 15) is 14.3 Å². The highest BCUT2D eigenvalue weighted by Crippen LogP contribution is 2.28. The molecule has 0 saturated heterocycles. The Morgan fingerprint density at radius 2 is 2.10 bits per heavy atom. The Bertz CT molecular complexity index is 670. The Balaban J connectivity index is 2.43. The molecule has 114 valence electrons. The third-order valence-electron chi connectivity index (χ3n) is 3.36. The number of furan rings is 1. The molecule has 0 saturated carbocycles. The lowest BCUT2D eigenvalue weighted by atomic mass is 10.1. The van der Waals surface area contributed by atoms with E-state index in [2.05, 4.69) is 0 Å². The molecule has 0 bridgehead atoms. The number of carbonyl (C=O) groups is 1. The van der Waals surface area contributed by atoms with Crippen molar-refractivity contribution in [3.8, 4) is 0 Å². The van der Waals surface area contributed by atoms with Gasteiger partial charge in [-0.25, -0.2) is 4.39 Å². The largest absolute Gasteiger partial charge is 0.448 e. The first-order valence-corrected chi connectivity index (χ1v) is 6.94. The van der Waals surface area contributed by atoms with E-state index in [0.717, 1.165) is 0 Å². The van der Waals surface area contributed by atoms with E-state index in [0.29, 0.717) is 17.5 Å². The molecule has 2 rings (SSSR count). The molecule has 1 aromatic carbocycles. The molecule has 1 aromatic heterocycles. The third kappa shape index (κ3) is 3.08. The number of amides is 1. The van der Waals surface area contributed by atoms with Gasteiger partial charge in [0.05, 0.1) is 5.60 Å². The van der Waals surface area contributed by atoms with Crippen LogP contribution in [0.4, 0.5) is 4.39 Å². The van der Waals surface area contributed by atoms with Gasteiger partial charge >= 0.3 is 0 Å². The first kappa shape index (κ1) is 15.5. The number of para-hydroxylation sites is 1. The lowest BCUT2D eigenvalue weighted by Crippen LogP contribution is -2.42. The fraction of sp³-hybridized carbons (Fsp3) is 0.438. The summed E-state index contributed by atoms with van der Waals surface area (Å²) in [6.07, 6.45) is 0. The first-order valence-electron chi connectivity index (χ1n) is 6.94. The monoisotopic (exact) mass is 293 g/mol. The van der Waals surface area contributed by atoms with Crippen molar-refractivity contribution in [3.63, 3.8) is 0 Å². The Labute approximate surface area is 123 Å². The van der Waals surface area contributed by atoms with E-state index in [-0.39, 0.29) is 23.8 Å². The van der Waals surface area contributed by atoms with Crippen molar-refractivity contribution in [3.05, 3.63) is 35.3 Å². The molecule has 1 amide bonds. The highest BCUT2D eigenvalue weighted by atomic mass is 19.1. The number of aliphatic hydroxyl groups is 1. The molecule has 21 heavy (non-hydrogen) atoms. The summed E-state index contributed by atoms with van der Waals surface area (Å²) in [4.78, 5) is 14.0. The molecule has 2 aromatic rings. The summed E-state index contributed by atoms with van der Waals surface area (Å²) in [5.41, 5.74) is -0.294. The quantitative estimate of drug-likeness (QED) is 0.942. The second-order valence-corrected chi connectivity index (χ2v) is 5.80. The lowest BCUT2D eigenvalue weighted by molar-refractivity contribution is 0.0299. The summed E-state index contributed by atoms with van der Waals surface area (Å²) in [6.45, 7) is 7.43. The SMILES string of the molecule is CCN(CC(C)(C)O)C(=O)c1oc2c(F)cccc2c1C. The van der Waals surface area contributed by atoms with Gasteiger partial charge in [-0.2, -0.15) is 0 Å². The van der Waals surface area contributed by atoms with Crippen molar-refractivity contribution in [1.82, 2.24) is 4.90 Å². The lowest BCUT2D eigenvalue weighted by Gasteiger charge is -2.27. The standard InChI is InChI=1S/C16H20FNO3/c1-5-18(9-16(3,4)20)15(19)13-10(2)11-7-6-8-12(17)14(11)21-13/h6-8,20H,5,9H2,1-4H3. The van der Waals surface area contributed by atoms with E-state index < -0.39 is 11.4 Å². The van der Waals surface area contributed by atoms with E-state index in [1.165, 1.54) is 11.0 Å². The van der Waals surface area contributed by atoms with Crippen LogP contribution >= 0.6 is 0 Å². The average Bonchev–Trinajstić information content (AvgIpc) is 2.73. The van der Waals surface area contributed by atoms with Crippen LogP contribution in [-0.4, -0.2) is 34.6 Å². The maximum Gasteiger partial charge on any atom is 0.289 e. The molecular formula is C16H20FNO3. The Morgan fingerprint density at radius 1 is 1.43 bits per heavy atom. The summed E-state index contributed by atoms with van der Waals surface area (Å²) >= 11 is 0. The first-order chi connectivity index (χ1) is 9.74. The van der Waals surface area contributed by atoms with Crippen LogP contribution < -0.4 is 0 Å². The van der Waals surface area contributed by atoms with Crippen LogP contribution in [0.15, 0.2) is 22.6 Å². The van der Waals surface area contributed by atoms with Gasteiger partial charge in [-0.1, -0.05) is 12.1 Å². The number of benzene rings is 1. The van der Waals surface area contributed by atoms with Crippen molar-refractivity contribution < 1.29 is 18.7 Å². The van der Waals surface area contributed by atoms with Gasteiger partial charge in [0.25, 0.3) is 5.91 Å². The predicted molar refractivity (Wildman–Crippen MR) is 78.8 cm³/mol. The average molecular weight is 293 g/mol. The molecule has 1 N–H and O–H groups in total. The zero-order valence-corrected chi connectivity index (χ0v) is 12.7. The van der Waals surface area contributed by atoms with Gasteiger partial charge in [-0.3, -0.25) is 4.79 Å². The van der Waals surface area contributed by atoms with Crippen molar-refractivity contribution in [2.75, 3.05) is 13.1 Å². The van der Waals surface area contributed by atoms with Gasteiger partial charge in [0.15, 0.2) is 17.2 Å². The van der Waals surface area contributed by atoms with Gasteiger partial charge in [-0.15, -0.1) is 0 Å². The third-order valence-corrected chi connectivity index (χ3v) is 3.36. The fourth-order valence-corrected chi connectivity index (χ4v) is 2.35. The molecule has 0 radical (unpaired) electrons. The van der Waals surface area contributed by atoms with Gasteiger partial charge in [-0.05, 0) is 33.8 Å². The molecule has 0 aliphatic carbocycles. The minimum atomic E-state index is -1.00. The van der Waals surface area contributed by atoms with E-state index in [4.69, 9.17) is 4.42 Å². The summed E-state index contributed by atoms with van der Waals surface area (Å²) in [6, 6.07) is 4.61. The van der Waals surface area contributed by atoms with Crippen molar-refractivity contribution in [2.45, 2.75) is 33.3 Å². The molecule has 0 spiro atoms. The molecular weight excluding hydrogens is 273 g/mol. The fourth-order valence-electron chi connectivity index (χ4n) is 2.35. The van der Waals surface area contributed by atoms with Crippen molar-refractivity contribution in [2.24, 2.45) is 0 Å². The minimum absolute atomic E-state index is 0.0951. The van der Waals surface area contributed by atoms with E-state index >= 15 is 0 Å². The summed E-state index contributed by atoms with van der Waals surface area (Å²) < 4.78 is 19.2. The summed E-state index contributed by atoms with van der Waals surface area (Å²) in [5, 5.41) is 10.5. The minimum Gasteiger partial charge on any atom is -0.448 e. The normalized spacial score (nSPS) is 11.9.